The van der Waals surface area contributed by atoms with E-state index < -0.39 is 0 Å². The van der Waals surface area contributed by atoms with Gasteiger partial charge in [-0.3, -0.25) is 0 Å². The minimum atomic E-state index is 0.853. The van der Waals surface area contributed by atoms with Crippen LogP contribution in [0.15, 0.2) is 24.4 Å². The normalized spacial score (nSPS) is 10.8. The molecule has 0 atom stereocenters. The van der Waals surface area contributed by atoms with E-state index in [0.717, 1.165) is 18.1 Å². The molecule has 0 saturated heterocycles. The summed E-state index contributed by atoms with van der Waals surface area (Å²) in [5.74, 6) is 0. The van der Waals surface area contributed by atoms with Crippen molar-refractivity contribution in [3.8, 4) is 0 Å². The summed E-state index contributed by atoms with van der Waals surface area (Å²) in [4.78, 5) is 5.61. The van der Waals surface area contributed by atoms with E-state index in [4.69, 9.17) is 0 Å². The average Bonchev–Trinajstić information content (AvgIpc) is 2.70. The first-order valence-corrected chi connectivity index (χ1v) is 6.65. The van der Waals surface area contributed by atoms with E-state index in [1.165, 1.54) is 21.6 Å². The zero-order valence-corrected chi connectivity index (χ0v) is 11.4. The third-order valence-electron chi connectivity index (χ3n) is 2.85. The van der Waals surface area contributed by atoms with Gasteiger partial charge in [0.15, 0.2) is 0 Å². The van der Waals surface area contributed by atoms with Crippen molar-refractivity contribution >= 4 is 11.3 Å². The Morgan fingerprint density at radius 1 is 1.12 bits per heavy atom. The maximum atomic E-state index is 4.33. The third-order valence-corrected chi connectivity index (χ3v) is 3.76. The molecular formula is C14H18N2S. The molecule has 0 unspecified atom stereocenters. The monoisotopic (exact) mass is 246 g/mol. The first kappa shape index (κ1) is 12.3. The summed E-state index contributed by atoms with van der Waals surface area (Å²) >= 11 is 1.75. The average molecular weight is 246 g/mol. The van der Waals surface area contributed by atoms with Gasteiger partial charge < -0.3 is 5.32 Å². The lowest BCUT2D eigenvalue weighted by Crippen LogP contribution is -2.12. The van der Waals surface area contributed by atoms with Gasteiger partial charge >= 0.3 is 0 Å². The van der Waals surface area contributed by atoms with E-state index in [1.54, 1.807) is 11.3 Å². The van der Waals surface area contributed by atoms with Crippen LogP contribution in [0, 0.1) is 20.8 Å². The third kappa shape index (κ3) is 3.38. The van der Waals surface area contributed by atoms with Gasteiger partial charge in [-0.05, 0) is 37.5 Å². The van der Waals surface area contributed by atoms with Crippen molar-refractivity contribution in [2.24, 2.45) is 0 Å². The molecule has 1 heterocycles. The summed E-state index contributed by atoms with van der Waals surface area (Å²) < 4.78 is 0. The lowest BCUT2D eigenvalue weighted by Gasteiger charge is -2.06. The smallest absolute Gasteiger partial charge is 0.107 e. The summed E-state index contributed by atoms with van der Waals surface area (Å²) in [5.41, 5.74) is 4.04. The fourth-order valence-electron chi connectivity index (χ4n) is 1.71. The highest BCUT2D eigenvalue weighted by atomic mass is 32.1. The zero-order chi connectivity index (χ0) is 12.3. The Morgan fingerprint density at radius 2 is 1.94 bits per heavy atom. The Bertz CT molecular complexity index is 503. The maximum absolute atomic E-state index is 4.33. The molecule has 0 saturated carbocycles. The van der Waals surface area contributed by atoms with Crippen molar-refractivity contribution in [2.45, 2.75) is 33.9 Å². The second-order valence-corrected chi connectivity index (χ2v) is 5.71. The van der Waals surface area contributed by atoms with Crippen molar-refractivity contribution in [3.63, 3.8) is 0 Å². The first-order valence-electron chi connectivity index (χ1n) is 5.83. The second-order valence-electron chi connectivity index (χ2n) is 4.39. The molecule has 0 radical (unpaired) electrons. The zero-order valence-electron chi connectivity index (χ0n) is 10.6. The quantitative estimate of drug-likeness (QED) is 0.894. The second kappa shape index (κ2) is 5.43. The first-order chi connectivity index (χ1) is 8.15. The lowest BCUT2D eigenvalue weighted by atomic mass is 10.1. The maximum Gasteiger partial charge on any atom is 0.107 e. The number of hydrogen-bond acceptors (Lipinski definition) is 3. The molecule has 0 spiro atoms. The number of aryl methyl sites for hydroxylation is 3. The molecule has 0 amide bonds. The highest BCUT2D eigenvalue weighted by Gasteiger charge is 1.99. The molecule has 1 aromatic heterocycles. The Kier molecular flexibility index (Phi) is 3.92. The highest BCUT2D eigenvalue weighted by molar-refractivity contribution is 7.11. The number of aromatic nitrogens is 1. The predicted molar refractivity (Wildman–Crippen MR) is 73.3 cm³/mol. The summed E-state index contributed by atoms with van der Waals surface area (Å²) in [6.45, 7) is 8.14. The number of hydrogen-bond donors (Lipinski definition) is 1. The van der Waals surface area contributed by atoms with Crippen molar-refractivity contribution in [1.29, 1.82) is 0 Å². The van der Waals surface area contributed by atoms with Gasteiger partial charge in [-0.2, -0.15) is 0 Å². The van der Waals surface area contributed by atoms with Gasteiger partial charge in [-0.1, -0.05) is 18.2 Å². The fraction of sp³-hybridized carbons (Fsp3) is 0.357. The molecule has 3 heteroatoms. The van der Waals surface area contributed by atoms with Gasteiger partial charge in [-0.15, -0.1) is 11.3 Å². The van der Waals surface area contributed by atoms with Crippen LogP contribution in [-0.4, -0.2) is 4.98 Å². The minimum absolute atomic E-state index is 0.853. The molecule has 0 fully saturated rings. The van der Waals surface area contributed by atoms with E-state index in [1.807, 2.05) is 6.20 Å². The van der Waals surface area contributed by atoms with Crippen LogP contribution in [0.1, 0.15) is 26.6 Å². The summed E-state index contributed by atoms with van der Waals surface area (Å²) in [6.07, 6.45) is 1.93. The van der Waals surface area contributed by atoms with Crippen molar-refractivity contribution in [2.75, 3.05) is 0 Å². The van der Waals surface area contributed by atoms with Gasteiger partial charge in [0.05, 0.1) is 0 Å². The summed E-state index contributed by atoms with van der Waals surface area (Å²) in [5, 5.41) is 4.58. The molecule has 0 aliphatic rings. The Hall–Kier alpha value is -1.19. The van der Waals surface area contributed by atoms with Crippen LogP contribution in [0.2, 0.25) is 0 Å². The molecule has 2 nitrogen and oxygen atoms in total. The minimum Gasteiger partial charge on any atom is -0.306 e. The molecule has 0 aliphatic carbocycles. The Labute approximate surface area is 107 Å². The molecule has 1 N–H and O–H groups in total. The summed E-state index contributed by atoms with van der Waals surface area (Å²) in [6, 6.07) is 6.61. The van der Waals surface area contributed by atoms with Gasteiger partial charge in [0.25, 0.3) is 0 Å². The van der Waals surface area contributed by atoms with E-state index in [-0.39, 0.29) is 0 Å². The van der Waals surface area contributed by atoms with Gasteiger partial charge in [-0.25, -0.2) is 4.98 Å². The van der Waals surface area contributed by atoms with E-state index >= 15 is 0 Å². The predicted octanol–water partition coefficient (Wildman–Crippen LogP) is 3.36. The number of rotatable bonds is 4. The van der Waals surface area contributed by atoms with Crippen LogP contribution in [-0.2, 0) is 13.1 Å². The lowest BCUT2D eigenvalue weighted by molar-refractivity contribution is 0.689. The molecule has 2 rings (SSSR count). The van der Waals surface area contributed by atoms with E-state index in [0.29, 0.717) is 0 Å². The van der Waals surface area contributed by atoms with E-state index in [2.05, 4.69) is 49.3 Å². The number of thiazole rings is 1. The number of nitrogens with zero attached hydrogens (tertiary/aromatic N) is 1. The number of benzene rings is 1. The summed E-state index contributed by atoms with van der Waals surface area (Å²) in [7, 11) is 0. The van der Waals surface area contributed by atoms with Crippen LogP contribution >= 0.6 is 11.3 Å². The van der Waals surface area contributed by atoms with Crippen molar-refractivity contribution in [3.05, 3.63) is 51.0 Å². The molecule has 1 aromatic carbocycles. The SMILES string of the molecule is Cc1cnc(CNCc2ccc(C)c(C)c2)s1. The van der Waals surface area contributed by atoms with Crippen LogP contribution < -0.4 is 5.32 Å². The van der Waals surface area contributed by atoms with Crippen LogP contribution in [0.5, 0.6) is 0 Å². The van der Waals surface area contributed by atoms with Crippen LogP contribution in [0.3, 0.4) is 0 Å². The topological polar surface area (TPSA) is 24.9 Å². The highest BCUT2D eigenvalue weighted by Crippen LogP contribution is 2.12. The molecular weight excluding hydrogens is 228 g/mol. The van der Waals surface area contributed by atoms with Gasteiger partial charge in [0.2, 0.25) is 0 Å². The molecule has 2 aromatic rings. The fourth-order valence-corrected chi connectivity index (χ4v) is 2.47. The van der Waals surface area contributed by atoms with E-state index in [9.17, 15) is 0 Å². The van der Waals surface area contributed by atoms with Crippen LogP contribution in [0.25, 0.3) is 0 Å². The molecule has 0 aliphatic heterocycles. The van der Waals surface area contributed by atoms with Crippen molar-refractivity contribution < 1.29 is 0 Å². The van der Waals surface area contributed by atoms with Crippen LogP contribution in [0.4, 0.5) is 0 Å². The Morgan fingerprint density at radius 3 is 2.59 bits per heavy atom. The molecule has 90 valence electrons. The van der Waals surface area contributed by atoms with Gasteiger partial charge in [0.1, 0.15) is 5.01 Å². The van der Waals surface area contributed by atoms with Crippen molar-refractivity contribution in [1.82, 2.24) is 10.3 Å². The Balaban J connectivity index is 1.87. The number of nitrogens with one attached hydrogen (secondary N) is 1. The molecule has 0 bridgehead atoms. The molecule has 17 heavy (non-hydrogen) atoms. The largest absolute Gasteiger partial charge is 0.306 e. The standard InChI is InChI=1S/C14H18N2S/c1-10-4-5-13(6-11(10)2)8-15-9-14-16-7-12(3)17-14/h4-7,15H,8-9H2,1-3H3. The van der Waals surface area contributed by atoms with Gasteiger partial charge in [0, 0.05) is 24.2 Å².